The van der Waals surface area contributed by atoms with Crippen molar-refractivity contribution in [2.45, 2.75) is 12.5 Å². The summed E-state index contributed by atoms with van der Waals surface area (Å²) in [5.41, 5.74) is 0.395. The van der Waals surface area contributed by atoms with E-state index < -0.39 is 5.60 Å². The topological polar surface area (TPSA) is 46.5 Å². The Kier molecular flexibility index (Phi) is 1.63. The summed E-state index contributed by atoms with van der Waals surface area (Å²) in [7, 11) is 0. The zero-order chi connectivity index (χ0) is 9.47. The fourth-order valence-corrected chi connectivity index (χ4v) is 1.47. The van der Waals surface area contributed by atoms with E-state index in [4.69, 9.17) is 4.74 Å². The molecule has 0 aliphatic carbocycles. The van der Waals surface area contributed by atoms with E-state index in [0.717, 1.165) is 11.8 Å². The summed E-state index contributed by atoms with van der Waals surface area (Å²) in [6.45, 7) is 1.95. The van der Waals surface area contributed by atoms with Crippen LogP contribution in [0.5, 0.6) is 5.75 Å². The molecular formula is C10H10O3. The Labute approximate surface area is 76.0 Å². The molecule has 13 heavy (non-hydrogen) atoms. The number of carbonyl (C=O) groups excluding carboxylic acids is 1. The third kappa shape index (κ3) is 1.21. The van der Waals surface area contributed by atoms with Crippen LogP contribution in [-0.2, 0) is 5.60 Å². The Bertz CT molecular complexity index is 355. The van der Waals surface area contributed by atoms with E-state index in [2.05, 4.69) is 0 Å². The summed E-state index contributed by atoms with van der Waals surface area (Å²) in [5.74, 6) is 0.606. The van der Waals surface area contributed by atoms with Crippen molar-refractivity contribution in [2.24, 2.45) is 0 Å². The van der Waals surface area contributed by atoms with Crippen molar-refractivity contribution in [3.05, 3.63) is 29.3 Å². The van der Waals surface area contributed by atoms with Crippen LogP contribution in [0.4, 0.5) is 0 Å². The maximum atomic E-state index is 10.4. The molecule has 1 heterocycles. The molecule has 68 valence electrons. The van der Waals surface area contributed by atoms with E-state index in [9.17, 15) is 9.90 Å². The lowest BCUT2D eigenvalue weighted by Gasteiger charge is -2.13. The Morgan fingerprint density at radius 3 is 3.08 bits per heavy atom. The molecule has 3 nitrogen and oxygen atoms in total. The van der Waals surface area contributed by atoms with E-state index in [-0.39, 0.29) is 6.61 Å². The molecule has 1 aromatic carbocycles. The lowest BCUT2D eigenvalue weighted by Crippen LogP contribution is -2.22. The molecule has 1 aromatic rings. The zero-order valence-corrected chi connectivity index (χ0v) is 7.28. The van der Waals surface area contributed by atoms with Gasteiger partial charge < -0.3 is 9.84 Å². The molecule has 2 rings (SSSR count). The predicted octanol–water partition coefficient (Wildman–Crippen LogP) is 1.10. The number of carbonyl (C=O) groups is 1. The molecule has 0 aromatic heterocycles. The van der Waals surface area contributed by atoms with Gasteiger partial charge >= 0.3 is 0 Å². The van der Waals surface area contributed by atoms with Gasteiger partial charge in [0.15, 0.2) is 0 Å². The Hall–Kier alpha value is -1.35. The van der Waals surface area contributed by atoms with Crippen LogP contribution in [0.25, 0.3) is 0 Å². The fraction of sp³-hybridized carbons (Fsp3) is 0.300. The molecule has 1 aliphatic heterocycles. The van der Waals surface area contributed by atoms with Gasteiger partial charge in [-0.15, -0.1) is 0 Å². The lowest BCUT2D eigenvalue weighted by atomic mass is 9.98. The lowest BCUT2D eigenvalue weighted by molar-refractivity contribution is 0.0349. The van der Waals surface area contributed by atoms with E-state index >= 15 is 0 Å². The number of ether oxygens (including phenoxy) is 1. The third-order valence-electron chi connectivity index (χ3n) is 2.23. The number of benzene rings is 1. The Morgan fingerprint density at radius 1 is 1.62 bits per heavy atom. The number of aliphatic hydroxyl groups is 1. The van der Waals surface area contributed by atoms with Crippen molar-refractivity contribution in [3.8, 4) is 5.75 Å². The van der Waals surface area contributed by atoms with Crippen molar-refractivity contribution in [2.75, 3.05) is 6.61 Å². The predicted molar refractivity (Wildman–Crippen MR) is 46.9 cm³/mol. The number of rotatable bonds is 1. The van der Waals surface area contributed by atoms with Gasteiger partial charge in [0.2, 0.25) is 0 Å². The second kappa shape index (κ2) is 2.57. The van der Waals surface area contributed by atoms with Crippen LogP contribution in [0.1, 0.15) is 22.8 Å². The van der Waals surface area contributed by atoms with Gasteiger partial charge in [0.25, 0.3) is 0 Å². The molecule has 1 aliphatic rings. The molecule has 0 saturated carbocycles. The van der Waals surface area contributed by atoms with Crippen molar-refractivity contribution >= 4 is 6.29 Å². The maximum Gasteiger partial charge on any atom is 0.150 e. The second-order valence-electron chi connectivity index (χ2n) is 3.44. The minimum absolute atomic E-state index is 0.255. The first-order chi connectivity index (χ1) is 6.13. The number of aldehydes is 1. The van der Waals surface area contributed by atoms with Gasteiger partial charge in [0.1, 0.15) is 24.2 Å². The average molecular weight is 178 g/mol. The van der Waals surface area contributed by atoms with Gasteiger partial charge in [-0.2, -0.15) is 0 Å². The Morgan fingerprint density at radius 2 is 2.38 bits per heavy atom. The highest BCUT2D eigenvalue weighted by Crippen LogP contribution is 2.36. The van der Waals surface area contributed by atoms with Crippen LogP contribution in [-0.4, -0.2) is 18.0 Å². The van der Waals surface area contributed by atoms with E-state index in [1.807, 2.05) is 0 Å². The third-order valence-corrected chi connectivity index (χ3v) is 2.23. The average Bonchev–Trinajstić information content (AvgIpc) is 2.42. The van der Waals surface area contributed by atoms with Crippen molar-refractivity contribution < 1.29 is 14.6 Å². The molecule has 1 unspecified atom stereocenters. The minimum Gasteiger partial charge on any atom is -0.490 e. The molecule has 1 atom stereocenters. The molecule has 0 amide bonds. The minimum atomic E-state index is -0.920. The van der Waals surface area contributed by atoms with Gasteiger partial charge in [-0.05, 0) is 13.0 Å². The highest BCUT2D eigenvalue weighted by molar-refractivity contribution is 5.76. The molecule has 1 N–H and O–H groups in total. The number of hydrogen-bond donors (Lipinski definition) is 1. The van der Waals surface area contributed by atoms with Gasteiger partial charge in [-0.3, -0.25) is 4.79 Å². The smallest absolute Gasteiger partial charge is 0.150 e. The molecule has 0 saturated heterocycles. The van der Waals surface area contributed by atoms with Crippen molar-refractivity contribution in [1.82, 2.24) is 0 Å². The summed E-state index contributed by atoms with van der Waals surface area (Å²) in [5, 5.41) is 9.80. The SMILES string of the molecule is CC1(O)COc2cc(C=O)ccc21. The first-order valence-corrected chi connectivity index (χ1v) is 4.08. The van der Waals surface area contributed by atoms with E-state index in [1.165, 1.54) is 0 Å². The maximum absolute atomic E-state index is 10.4. The van der Waals surface area contributed by atoms with E-state index in [1.54, 1.807) is 25.1 Å². The summed E-state index contributed by atoms with van der Waals surface area (Å²) < 4.78 is 5.25. The van der Waals surface area contributed by atoms with Crippen LogP contribution in [0.3, 0.4) is 0 Å². The fourth-order valence-electron chi connectivity index (χ4n) is 1.47. The van der Waals surface area contributed by atoms with Crippen LogP contribution >= 0.6 is 0 Å². The monoisotopic (exact) mass is 178 g/mol. The van der Waals surface area contributed by atoms with Crippen molar-refractivity contribution in [1.29, 1.82) is 0 Å². The highest BCUT2D eigenvalue weighted by Gasteiger charge is 2.33. The first kappa shape index (κ1) is 8.26. The van der Waals surface area contributed by atoms with Crippen LogP contribution < -0.4 is 4.74 Å². The van der Waals surface area contributed by atoms with Crippen molar-refractivity contribution in [3.63, 3.8) is 0 Å². The summed E-state index contributed by atoms with van der Waals surface area (Å²) in [4.78, 5) is 10.4. The van der Waals surface area contributed by atoms with E-state index in [0.29, 0.717) is 11.3 Å². The number of fused-ring (bicyclic) bond motifs is 1. The van der Waals surface area contributed by atoms with Gasteiger partial charge in [-0.1, -0.05) is 12.1 Å². The standard InChI is InChI=1S/C10H10O3/c1-10(12)6-13-9-4-7(5-11)2-3-8(9)10/h2-5,12H,6H2,1H3. The molecular weight excluding hydrogens is 168 g/mol. The molecule has 0 spiro atoms. The highest BCUT2D eigenvalue weighted by atomic mass is 16.5. The molecule has 3 heteroatoms. The quantitative estimate of drug-likeness (QED) is 0.655. The van der Waals surface area contributed by atoms with Crippen LogP contribution in [0.2, 0.25) is 0 Å². The Balaban J connectivity index is 2.52. The summed E-state index contributed by atoms with van der Waals surface area (Å²) >= 11 is 0. The molecule has 0 fully saturated rings. The molecule has 0 bridgehead atoms. The number of hydrogen-bond acceptors (Lipinski definition) is 3. The van der Waals surface area contributed by atoms with Gasteiger partial charge in [0.05, 0.1) is 0 Å². The molecule has 0 radical (unpaired) electrons. The zero-order valence-electron chi connectivity index (χ0n) is 7.28. The van der Waals surface area contributed by atoms with Gasteiger partial charge in [0, 0.05) is 11.1 Å². The van der Waals surface area contributed by atoms with Gasteiger partial charge in [-0.25, -0.2) is 0 Å². The second-order valence-corrected chi connectivity index (χ2v) is 3.44. The first-order valence-electron chi connectivity index (χ1n) is 4.08. The van der Waals surface area contributed by atoms with Crippen LogP contribution in [0.15, 0.2) is 18.2 Å². The summed E-state index contributed by atoms with van der Waals surface area (Å²) in [6.07, 6.45) is 0.761. The summed E-state index contributed by atoms with van der Waals surface area (Å²) in [6, 6.07) is 5.05. The van der Waals surface area contributed by atoms with Crippen LogP contribution in [0, 0.1) is 0 Å². The largest absolute Gasteiger partial charge is 0.490 e. The normalized spacial score (nSPS) is 25.1.